The van der Waals surface area contributed by atoms with Gasteiger partial charge in [0.2, 0.25) is 0 Å². The van der Waals surface area contributed by atoms with E-state index in [1.165, 1.54) is 31.3 Å². The van der Waals surface area contributed by atoms with E-state index >= 15 is 0 Å². The molecule has 12 unspecified atom stereocenters. The SMILES string of the molecule is CCC1Cc2cc(O)c(OC3CC(Cc4ccc[nH]4)C4=CCNC(N)=C4CSSCC(CO)C3O)cc2C2CC(O)C3C(C#CC4(CC)CCCC(CC45CCCC5)C3OCCO)C=C12. The summed E-state index contributed by atoms with van der Waals surface area (Å²) in [7, 11) is 3.29. The van der Waals surface area contributed by atoms with Crippen LogP contribution in [0.2, 0.25) is 0 Å². The summed E-state index contributed by atoms with van der Waals surface area (Å²) in [6, 6.07) is 7.91. The monoisotopic (exact) mass is 927 g/mol. The maximum atomic E-state index is 12.8. The summed E-state index contributed by atoms with van der Waals surface area (Å²) in [5, 5.41) is 61.1. The summed E-state index contributed by atoms with van der Waals surface area (Å²) < 4.78 is 13.8. The first-order valence-electron chi connectivity index (χ1n) is 24.9. The highest BCUT2D eigenvalue weighted by atomic mass is 33.1. The van der Waals surface area contributed by atoms with Gasteiger partial charge in [-0.05, 0) is 135 Å². The van der Waals surface area contributed by atoms with Crippen LogP contribution in [0.15, 0.2) is 65.2 Å². The summed E-state index contributed by atoms with van der Waals surface area (Å²) in [4.78, 5) is 3.38. The third-order valence-electron chi connectivity index (χ3n) is 17.2. The minimum Gasteiger partial charge on any atom is -0.504 e. The molecule has 65 heavy (non-hydrogen) atoms. The number of dihydropyridines is 1. The topological polar surface area (TPSA) is 173 Å². The van der Waals surface area contributed by atoms with Crippen molar-refractivity contribution in [2.45, 2.75) is 134 Å². The minimum atomic E-state index is -1.02. The van der Waals surface area contributed by atoms with Crippen LogP contribution in [0.1, 0.15) is 114 Å². The molecule has 12 heteroatoms. The van der Waals surface area contributed by atoms with Crippen LogP contribution in [-0.4, -0.2) is 92.8 Å². The predicted octanol–water partition coefficient (Wildman–Crippen LogP) is 7.91. The number of phenols is 1. The molecule has 2 aliphatic heterocycles. The second-order valence-electron chi connectivity index (χ2n) is 20.5. The highest BCUT2D eigenvalue weighted by molar-refractivity contribution is 8.76. The third-order valence-corrected chi connectivity index (χ3v) is 19.6. The van der Waals surface area contributed by atoms with Crippen LogP contribution in [0.3, 0.4) is 0 Å². The van der Waals surface area contributed by atoms with E-state index < -0.39 is 24.2 Å². The lowest BCUT2D eigenvalue weighted by atomic mass is 9.57. The normalized spacial score (nSPS) is 35.7. The highest BCUT2D eigenvalue weighted by Crippen LogP contribution is 2.63. The smallest absolute Gasteiger partial charge is 0.161 e. The molecule has 2 saturated carbocycles. The van der Waals surface area contributed by atoms with Gasteiger partial charge in [0, 0.05) is 71.2 Å². The fraction of sp³-hybridized carbons (Fsp3) is 0.660. The van der Waals surface area contributed by atoms with Crippen LogP contribution in [0.25, 0.3) is 0 Å². The van der Waals surface area contributed by atoms with Gasteiger partial charge in [0.05, 0.1) is 31.5 Å². The number of nitrogens with two attached hydrogens (primary N) is 1. The first-order chi connectivity index (χ1) is 31.6. The number of nitrogens with one attached hydrogen (secondary N) is 2. The van der Waals surface area contributed by atoms with Crippen molar-refractivity contribution in [3.63, 3.8) is 0 Å². The maximum Gasteiger partial charge on any atom is 0.161 e. The number of ether oxygens (including phenoxy) is 2. The first kappa shape index (κ1) is 47.1. The number of aromatic amines is 1. The first-order valence-corrected chi connectivity index (χ1v) is 27.4. The van der Waals surface area contributed by atoms with Gasteiger partial charge in [-0.25, -0.2) is 0 Å². The van der Waals surface area contributed by atoms with Gasteiger partial charge >= 0.3 is 0 Å². The Morgan fingerprint density at radius 1 is 1.03 bits per heavy atom. The van der Waals surface area contributed by atoms with Gasteiger partial charge in [-0.1, -0.05) is 84.3 Å². The quantitative estimate of drug-likeness (QED) is 0.0661. The van der Waals surface area contributed by atoms with E-state index in [0.29, 0.717) is 48.9 Å². The number of hydrogen-bond acceptors (Lipinski definition) is 11. The molecule has 9 rings (SSSR count). The van der Waals surface area contributed by atoms with Crippen LogP contribution >= 0.6 is 21.6 Å². The molecule has 10 nitrogen and oxygen atoms in total. The standard InChI is InChI=1S/C53H73N3O7S2/c1-3-32-21-35-24-44(59)46(63-47-25-36(22-38-10-8-17-55-38)39-12-18-56-51(54)43(39)31-65-64-30-37(29-58)49(47)61)27-41(35)42-26-45(60)48-33(23-40(32)42)11-16-52(4-2)15-7-9-34(50(48)62-20-19-57)28-53(52)13-5-6-14-53/h8,10,12,17,23-24,27,32-34,36-37,42,45,47-50,55-61H,3-7,9,13-15,18-22,25-26,28-31,54H2,1-2H3. The molecule has 1 aromatic carbocycles. The van der Waals surface area contributed by atoms with Crippen molar-refractivity contribution in [3.05, 3.63) is 82.0 Å². The number of phenolic OH excluding ortho intramolecular Hbond substituents is 1. The average Bonchev–Trinajstić information content (AvgIpc) is 3.96. The van der Waals surface area contributed by atoms with E-state index in [2.05, 4.69) is 54.2 Å². The van der Waals surface area contributed by atoms with E-state index in [4.69, 9.17) is 15.2 Å². The van der Waals surface area contributed by atoms with Gasteiger partial charge in [0.1, 0.15) is 11.9 Å². The lowest BCUT2D eigenvalue weighted by molar-refractivity contribution is -0.0934. The molecule has 1 saturated heterocycles. The third kappa shape index (κ3) is 9.18. The Hall–Kier alpha value is -3.02. The largest absolute Gasteiger partial charge is 0.504 e. The van der Waals surface area contributed by atoms with Crippen molar-refractivity contribution < 1.29 is 35.0 Å². The van der Waals surface area contributed by atoms with Gasteiger partial charge < -0.3 is 51.0 Å². The van der Waals surface area contributed by atoms with Crippen LogP contribution < -0.4 is 15.8 Å². The Bertz CT molecular complexity index is 2140. The molecule has 5 aliphatic carbocycles. The second kappa shape index (κ2) is 20.3. The minimum absolute atomic E-state index is 0.0261. The number of aromatic nitrogens is 1. The van der Waals surface area contributed by atoms with Gasteiger partial charge in [-0.3, -0.25) is 0 Å². The fourth-order valence-electron chi connectivity index (χ4n) is 13.8. The van der Waals surface area contributed by atoms with E-state index in [-0.39, 0.29) is 78.0 Å². The number of hydrogen-bond donors (Lipinski definition) is 8. The van der Waals surface area contributed by atoms with Gasteiger partial charge in [-0.2, -0.15) is 0 Å². The van der Waals surface area contributed by atoms with Crippen LogP contribution in [0, 0.1) is 58.2 Å². The summed E-state index contributed by atoms with van der Waals surface area (Å²) in [5.41, 5.74) is 13.4. The van der Waals surface area contributed by atoms with Crippen LogP contribution in [0.5, 0.6) is 11.5 Å². The van der Waals surface area contributed by atoms with Crippen molar-refractivity contribution in [2.24, 2.45) is 52.1 Å². The summed E-state index contributed by atoms with van der Waals surface area (Å²) in [5.74, 6) is 9.53. The molecule has 3 heterocycles. The van der Waals surface area contributed by atoms with E-state index in [9.17, 15) is 25.5 Å². The Morgan fingerprint density at radius 3 is 2.63 bits per heavy atom. The zero-order chi connectivity index (χ0) is 45.3. The molecule has 2 bridgehead atoms. The zero-order valence-corrected chi connectivity index (χ0v) is 40.1. The number of aliphatic hydroxyl groups is 4. The number of rotatable bonds is 10. The van der Waals surface area contributed by atoms with Crippen molar-refractivity contribution in [3.8, 4) is 23.3 Å². The fourth-order valence-corrected chi connectivity index (χ4v) is 16.4. The molecule has 0 amide bonds. The summed E-state index contributed by atoms with van der Waals surface area (Å²) in [6.45, 7) is 5.16. The summed E-state index contributed by atoms with van der Waals surface area (Å²) >= 11 is 0. The zero-order valence-electron chi connectivity index (χ0n) is 38.5. The Kier molecular flexibility index (Phi) is 14.7. The Balaban J connectivity index is 1.11. The number of aliphatic hydroxyl groups excluding tert-OH is 4. The molecule has 354 valence electrons. The molecule has 9 N–H and O–H groups in total. The van der Waals surface area contributed by atoms with Crippen LogP contribution in [0.4, 0.5) is 0 Å². The van der Waals surface area contributed by atoms with Crippen molar-refractivity contribution in [1.82, 2.24) is 10.3 Å². The van der Waals surface area contributed by atoms with Crippen molar-refractivity contribution >= 4 is 21.6 Å². The number of fused-ring (bicyclic) bond motifs is 6. The van der Waals surface area contributed by atoms with E-state index in [1.54, 1.807) is 21.6 Å². The maximum absolute atomic E-state index is 12.8. The molecule has 1 spiro atoms. The van der Waals surface area contributed by atoms with Crippen molar-refractivity contribution in [1.29, 1.82) is 0 Å². The number of allylic oxidation sites excluding steroid dienone is 3. The molecule has 12 atom stereocenters. The van der Waals surface area contributed by atoms with Gasteiger partial charge in [0.15, 0.2) is 11.5 Å². The number of H-pyrrole nitrogens is 1. The lowest BCUT2D eigenvalue weighted by Gasteiger charge is -2.46. The molecule has 1 aromatic heterocycles. The Labute approximate surface area is 394 Å². The predicted molar refractivity (Wildman–Crippen MR) is 260 cm³/mol. The molecule has 0 radical (unpaired) electrons. The Morgan fingerprint density at radius 2 is 1.88 bits per heavy atom. The molecule has 7 aliphatic rings. The van der Waals surface area contributed by atoms with Crippen molar-refractivity contribution in [2.75, 3.05) is 37.9 Å². The average molecular weight is 928 g/mol. The van der Waals surface area contributed by atoms with E-state index in [0.717, 1.165) is 72.9 Å². The molecular formula is C53H73N3O7S2. The number of aromatic hydroxyl groups is 1. The highest BCUT2D eigenvalue weighted by Gasteiger charge is 2.56. The number of benzene rings is 1. The lowest BCUT2D eigenvalue weighted by Crippen LogP contribution is -2.44. The second-order valence-corrected chi connectivity index (χ2v) is 23.0. The van der Waals surface area contributed by atoms with Gasteiger partial charge in [0.25, 0.3) is 0 Å². The van der Waals surface area contributed by atoms with Gasteiger partial charge in [-0.15, -0.1) is 0 Å². The molecule has 3 fully saturated rings. The van der Waals surface area contributed by atoms with Crippen LogP contribution in [-0.2, 0) is 17.6 Å². The summed E-state index contributed by atoms with van der Waals surface area (Å²) in [6.07, 6.45) is 17.3. The van der Waals surface area contributed by atoms with E-state index in [1.807, 2.05) is 24.4 Å². The molecule has 2 aromatic rings. The molecular weight excluding hydrogens is 855 g/mol.